The third-order valence-corrected chi connectivity index (χ3v) is 5.04. The Hall–Kier alpha value is -2.83. The number of ether oxygens (including phenoxy) is 1. The van der Waals surface area contributed by atoms with E-state index >= 15 is 0 Å². The number of hydrogen-bond donors (Lipinski definition) is 2. The Balaban J connectivity index is 1.45. The van der Waals surface area contributed by atoms with E-state index in [4.69, 9.17) is 9.26 Å². The molecule has 1 aromatic carbocycles. The first kappa shape index (κ1) is 16.6. The highest BCUT2D eigenvalue weighted by molar-refractivity contribution is 5.84. The Kier molecular flexibility index (Phi) is 4.14. The molecule has 1 aliphatic carbocycles. The van der Waals surface area contributed by atoms with Crippen LogP contribution in [0.2, 0.25) is 0 Å². The van der Waals surface area contributed by atoms with Crippen LogP contribution in [0.3, 0.4) is 0 Å². The average Bonchev–Trinajstić information content (AvgIpc) is 3.24. The number of halogens is 1. The summed E-state index contributed by atoms with van der Waals surface area (Å²) in [7, 11) is 0. The van der Waals surface area contributed by atoms with Gasteiger partial charge in [0.25, 0.3) is 0 Å². The summed E-state index contributed by atoms with van der Waals surface area (Å²) in [6.45, 7) is 2.51. The Labute approximate surface area is 149 Å². The lowest BCUT2D eigenvalue weighted by molar-refractivity contribution is -0.134. The molecule has 0 atom stereocenters. The minimum Gasteiger partial charge on any atom is -0.484 e. The highest BCUT2D eigenvalue weighted by atomic mass is 19.1. The molecule has 0 spiro atoms. The molecule has 0 bridgehead atoms. The molecule has 1 fully saturated rings. The minimum atomic E-state index is -0.447. The zero-order valence-corrected chi connectivity index (χ0v) is 14.5. The second-order valence-electron chi connectivity index (χ2n) is 7.04. The van der Waals surface area contributed by atoms with Crippen molar-refractivity contribution in [3.05, 3.63) is 47.7 Å². The predicted molar refractivity (Wildman–Crippen MR) is 92.9 cm³/mol. The highest BCUT2D eigenvalue weighted by Crippen LogP contribution is 2.40. The van der Waals surface area contributed by atoms with Crippen LogP contribution in [0.5, 0.6) is 5.75 Å². The predicted octanol–water partition coefficient (Wildman–Crippen LogP) is 3.68. The van der Waals surface area contributed by atoms with E-state index in [1.54, 1.807) is 12.1 Å². The monoisotopic (exact) mass is 357 g/mol. The molecule has 1 aliphatic rings. The van der Waals surface area contributed by atoms with Gasteiger partial charge in [0.2, 0.25) is 5.91 Å². The summed E-state index contributed by atoms with van der Waals surface area (Å²) in [4.78, 5) is 15.4. The molecule has 0 aliphatic heterocycles. The van der Waals surface area contributed by atoms with Crippen LogP contribution in [0.4, 0.5) is 4.39 Å². The van der Waals surface area contributed by atoms with Gasteiger partial charge in [-0.25, -0.2) is 4.39 Å². The minimum absolute atomic E-state index is 0.0743. The first-order valence-corrected chi connectivity index (χ1v) is 8.65. The number of rotatable bonds is 6. The largest absolute Gasteiger partial charge is 0.484 e. The molecule has 7 heteroatoms. The molecule has 6 nitrogen and oxygen atoms in total. The number of amides is 1. The third-order valence-electron chi connectivity index (χ3n) is 5.04. The summed E-state index contributed by atoms with van der Waals surface area (Å²) in [6.07, 6.45) is 4.41. The van der Waals surface area contributed by atoms with Crippen LogP contribution in [-0.4, -0.2) is 16.0 Å². The van der Waals surface area contributed by atoms with Gasteiger partial charge >= 0.3 is 0 Å². The fraction of sp³-hybridized carbons (Fsp3) is 0.368. The second-order valence-corrected chi connectivity index (χ2v) is 7.04. The van der Waals surface area contributed by atoms with Crippen molar-refractivity contribution < 1.29 is 18.4 Å². The molecule has 4 rings (SSSR count). The normalized spacial score (nSPS) is 15.6. The molecule has 2 heterocycles. The smallest absolute Gasteiger partial charge is 0.226 e. The van der Waals surface area contributed by atoms with Crippen molar-refractivity contribution in [2.45, 2.75) is 39.3 Å². The maximum absolute atomic E-state index is 14.2. The van der Waals surface area contributed by atoms with Crippen molar-refractivity contribution in [2.24, 2.45) is 5.41 Å². The van der Waals surface area contributed by atoms with Crippen molar-refractivity contribution >= 4 is 16.8 Å². The van der Waals surface area contributed by atoms with Gasteiger partial charge in [-0.1, -0.05) is 18.5 Å². The number of H-pyrrole nitrogens is 1. The van der Waals surface area contributed by atoms with Gasteiger partial charge < -0.3 is 19.6 Å². The molecule has 136 valence electrons. The molecule has 1 amide bonds. The standard InChI is InChI=1S/C19H20FN3O3/c1-19(4-2-5-19)18(24)21-10-14-7-12-8-15(20)17(9-16(12)22-14)25-11-13-3-6-26-23-13/h3,6-9,22H,2,4-5,10-11H2,1H3,(H,21,24). The molecule has 0 saturated heterocycles. The third kappa shape index (κ3) is 3.16. The summed E-state index contributed by atoms with van der Waals surface area (Å²) >= 11 is 0. The number of hydrogen-bond acceptors (Lipinski definition) is 4. The van der Waals surface area contributed by atoms with E-state index in [1.165, 1.54) is 12.3 Å². The average molecular weight is 357 g/mol. The lowest BCUT2D eigenvalue weighted by Crippen LogP contribution is -2.43. The van der Waals surface area contributed by atoms with Crippen LogP contribution >= 0.6 is 0 Å². The summed E-state index contributed by atoms with van der Waals surface area (Å²) < 4.78 is 24.4. The fourth-order valence-electron chi connectivity index (χ4n) is 3.19. The highest BCUT2D eigenvalue weighted by Gasteiger charge is 2.38. The van der Waals surface area contributed by atoms with Crippen molar-refractivity contribution in [2.75, 3.05) is 0 Å². The van der Waals surface area contributed by atoms with Gasteiger partial charge in [-0.3, -0.25) is 4.79 Å². The first-order valence-electron chi connectivity index (χ1n) is 8.65. The number of carbonyl (C=O) groups excluding carboxylic acids is 1. The van der Waals surface area contributed by atoms with Crippen molar-refractivity contribution in [1.29, 1.82) is 0 Å². The quantitative estimate of drug-likeness (QED) is 0.705. The van der Waals surface area contributed by atoms with Gasteiger partial charge in [0.1, 0.15) is 18.6 Å². The molecular formula is C19H20FN3O3. The molecule has 3 aromatic rings. The van der Waals surface area contributed by atoms with E-state index in [0.29, 0.717) is 12.2 Å². The number of carbonyl (C=O) groups is 1. The van der Waals surface area contributed by atoms with E-state index < -0.39 is 5.82 Å². The zero-order valence-electron chi connectivity index (χ0n) is 14.5. The van der Waals surface area contributed by atoms with E-state index in [0.717, 1.165) is 35.9 Å². The van der Waals surface area contributed by atoms with Crippen molar-refractivity contribution in [3.63, 3.8) is 0 Å². The number of nitrogens with zero attached hydrogens (tertiary/aromatic N) is 1. The van der Waals surface area contributed by atoms with Crippen LogP contribution in [0.1, 0.15) is 37.6 Å². The number of nitrogens with one attached hydrogen (secondary N) is 2. The van der Waals surface area contributed by atoms with Crippen molar-refractivity contribution in [3.8, 4) is 5.75 Å². The van der Waals surface area contributed by atoms with Gasteiger partial charge in [0, 0.05) is 34.1 Å². The van der Waals surface area contributed by atoms with E-state index in [-0.39, 0.29) is 23.7 Å². The Morgan fingerprint density at radius 3 is 2.96 bits per heavy atom. The SMILES string of the molecule is CC1(C(=O)NCc2cc3cc(F)c(OCc4ccon4)cc3[nH]2)CCC1. The maximum atomic E-state index is 14.2. The summed E-state index contributed by atoms with van der Waals surface area (Å²) in [5.41, 5.74) is 1.93. The zero-order chi connectivity index (χ0) is 18.1. The Morgan fingerprint density at radius 1 is 1.42 bits per heavy atom. The number of aromatic amines is 1. The van der Waals surface area contributed by atoms with E-state index in [1.807, 2.05) is 13.0 Å². The molecular weight excluding hydrogens is 337 g/mol. The molecule has 1 saturated carbocycles. The van der Waals surface area contributed by atoms with E-state index in [9.17, 15) is 9.18 Å². The molecule has 2 N–H and O–H groups in total. The van der Waals surface area contributed by atoms with Crippen LogP contribution in [-0.2, 0) is 17.9 Å². The molecule has 26 heavy (non-hydrogen) atoms. The van der Waals surface area contributed by atoms with Gasteiger partial charge in [-0.2, -0.15) is 0 Å². The van der Waals surface area contributed by atoms with Gasteiger partial charge in [-0.05, 0) is 25.0 Å². The topological polar surface area (TPSA) is 80.2 Å². The number of fused-ring (bicyclic) bond motifs is 1. The lowest BCUT2D eigenvalue weighted by atomic mass is 9.70. The first-order chi connectivity index (χ1) is 12.5. The number of benzene rings is 1. The van der Waals surface area contributed by atoms with Crippen molar-refractivity contribution in [1.82, 2.24) is 15.5 Å². The number of aromatic nitrogens is 2. The van der Waals surface area contributed by atoms with Gasteiger partial charge in [0.15, 0.2) is 11.6 Å². The Morgan fingerprint density at radius 2 is 2.27 bits per heavy atom. The van der Waals surface area contributed by atoms with Crippen LogP contribution < -0.4 is 10.1 Å². The van der Waals surface area contributed by atoms with E-state index in [2.05, 4.69) is 15.5 Å². The molecule has 2 aromatic heterocycles. The summed E-state index contributed by atoms with van der Waals surface area (Å²) in [6, 6.07) is 6.53. The summed E-state index contributed by atoms with van der Waals surface area (Å²) in [5, 5.41) is 7.42. The maximum Gasteiger partial charge on any atom is 0.226 e. The molecule has 0 unspecified atom stereocenters. The van der Waals surface area contributed by atoms with Gasteiger partial charge in [-0.15, -0.1) is 0 Å². The molecule has 0 radical (unpaired) electrons. The summed E-state index contributed by atoms with van der Waals surface area (Å²) in [5.74, 6) is -0.234. The fourth-order valence-corrected chi connectivity index (χ4v) is 3.19. The second kappa shape index (κ2) is 6.48. The Bertz CT molecular complexity index is 929. The van der Waals surface area contributed by atoms with Gasteiger partial charge in [0.05, 0.1) is 6.54 Å². The lowest BCUT2D eigenvalue weighted by Gasteiger charge is -2.36. The van der Waals surface area contributed by atoms with Crippen LogP contribution in [0.25, 0.3) is 10.9 Å². The van der Waals surface area contributed by atoms with Crippen LogP contribution in [0, 0.1) is 11.2 Å². The van der Waals surface area contributed by atoms with Crippen LogP contribution in [0.15, 0.2) is 35.1 Å².